The van der Waals surface area contributed by atoms with Crippen LogP contribution in [0.2, 0.25) is 36.3 Å². The summed E-state index contributed by atoms with van der Waals surface area (Å²) in [5.41, 5.74) is 0.771. The molecule has 0 aromatic heterocycles. The van der Waals surface area contributed by atoms with Crippen LogP contribution in [0.15, 0.2) is 35.4 Å². The van der Waals surface area contributed by atoms with E-state index >= 15 is 0 Å². The molecule has 2 N–H and O–H groups in total. The molecular weight excluding hydrogens is 500 g/mol. The Morgan fingerprint density at radius 3 is 1.70 bits per heavy atom. The maximum atomic E-state index is 12.3. The molecule has 1 aromatic rings. The van der Waals surface area contributed by atoms with E-state index in [-0.39, 0.29) is 39.7 Å². The highest BCUT2D eigenvalue weighted by Crippen LogP contribution is 2.41. The molecule has 1 aromatic carbocycles. The summed E-state index contributed by atoms with van der Waals surface area (Å²) in [6.45, 7) is 22.0. The van der Waals surface area contributed by atoms with Crippen molar-refractivity contribution in [3.05, 3.63) is 41.0 Å². The van der Waals surface area contributed by atoms with Crippen LogP contribution in [-0.4, -0.2) is 44.9 Å². The molecule has 1 aliphatic rings. The quantitative estimate of drug-likeness (QED) is 0.243. The van der Waals surface area contributed by atoms with Crippen LogP contribution in [0.25, 0.3) is 0 Å². The Hall–Kier alpha value is -1.91. The first-order chi connectivity index (χ1) is 16.7. The highest BCUT2D eigenvalue weighted by Gasteiger charge is 2.41. The lowest BCUT2D eigenvalue weighted by Crippen LogP contribution is -2.44. The van der Waals surface area contributed by atoms with Gasteiger partial charge in [-0.15, -0.1) is 0 Å². The van der Waals surface area contributed by atoms with E-state index in [0.29, 0.717) is 12.8 Å². The summed E-state index contributed by atoms with van der Waals surface area (Å²) in [4.78, 5) is 24.6. The number of aliphatic carboxylic acids is 2. The Balaban J connectivity index is 2.21. The van der Waals surface area contributed by atoms with Gasteiger partial charge < -0.3 is 19.1 Å². The van der Waals surface area contributed by atoms with E-state index in [1.807, 2.05) is 24.3 Å². The topological polar surface area (TPSA) is 93.1 Å². The number of hydrogen-bond donors (Lipinski definition) is 2. The molecule has 6 nitrogen and oxygen atoms in total. The fourth-order valence-corrected chi connectivity index (χ4v) is 6.68. The number of hydrogen-bond acceptors (Lipinski definition) is 4. The number of carboxylic acids is 2. The molecule has 0 heterocycles. The second-order valence-electron chi connectivity index (χ2n) is 13.5. The van der Waals surface area contributed by atoms with E-state index in [9.17, 15) is 19.8 Å². The Bertz CT molecular complexity index is 989. The van der Waals surface area contributed by atoms with Crippen molar-refractivity contribution in [2.45, 2.75) is 116 Å². The lowest BCUT2D eigenvalue weighted by atomic mass is 9.79. The van der Waals surface area contributed by atoms with Gasteiger partial charge in [0.1, 0.15) is 5.75 Å². The molecule has 1 fully saturated rings. The van der Waals surface area contributed by atoms with Gasteiger partial charge in [-0.3, -0.25) is 0 Å². The van der Waals surface area contributed by atoms with E-state index in [1.54, 1.807) is 0 Å². The predicted octanol–water partition coefficient (Wildman–Crippen LogP) is 7.66. The highest BCUT2D eigenvalue weighted by molar-refractivity contribution is 6.75. The second kappa shape index (κ2) is 11.5. The molecular formula is C29H48O6Si2. The van der Waals surface area contributed by atoms with Gasteiger partial charge in [0.2, 0.25) is 8.32 Å². The average Bonchev–Trinajstić information content (AvgIpc) is 2.73. The molecule has 2 rings (SSSR count). The largest absolute Gasteiger partial charge is 0.544 e. The van der Waals surface area contributed by atoms with Gasteiger partial charge in [-0.05, 0) is 85.6 Å². The van der Waals surface area contributed by atoms with E-state index in [0.717, 1.165) is 24.2 Å². The van der Waals surface area contributed by atoms with Crippen LogP contribution in [0.4, 0.5) is 0 Å². The standard InChI is InChI=1S/C29H48O6Si2/c1-28(2,3)36(7,8)34-22-15-11-20(12-16-22)19-24(26(30)31)25(27(32)33)21-13-17-23(18-14-21)35-37(9,10)29(4,5)6/h11-12,15-16,21,23H,13-14,17-19H2,1-10H3,(H,30,31)(H,32,33)/b25-24-/t21-,23+. The zero-order valence-electron chi connectivity index (χ0n) is 24.5. The summed E-state index contributed by atoms with van der Waals surface area (Å²) in [6.07, 6.45) is 2.92. The molecule has 1 saturated carbocycles. The smallest absolute Gasteiger partial charge is 0.332 e. The molecule has 208 valence electrons. The molecule has 0 bridgehead atoms. The lowest BCUT2D eigenvalue weighted by molar-refractivity contribution is -0.136. The van der Waals surface area contributed by atoms with Gasteiger partial charge in [-0.1, -0.05) is 53.7 Å². The fraction of sp³-hybridized carbons (Fsp3) is 0.655. The first-order valence-electron chi connectivity index (χ1n) is 13.4. The van der Waals surface area contributed by atoms with Crippen LogP contribution in [-0.2, 0) is 20.4 Å². The summed E-state index contributed by atoms with van der Waals surface area (Å²) in [6, 6.07) is 7.40. The van der Waals surface area contributed by atoms with Gasteiger partial charge in [0.05, 0.1) is 11.1 Å². The minimum Gasteiger partial charge on any atom is -0.544 e. The number of rotatable bonds is 9. The number of carboxylic acid groups (broad SMARTS) is 2. The van der Waals surface area contributed by atoms with Gasteiger partial charge in [0.15, 0.2) is 8.32 Å². The zero-order valence-corrected chi connectivity index (χ0v) is 26.5. The van der Waals surface area contributed by atoms with E-state index < -0.39 is 28.6 Å². The molecule has 0 atom stereocenters. The monoisotopic (exact) mass is 548 g/mol. The van der Waals surface area contributed by atoms with Crippen LogP contribution in [0.5, 0.6) is 5.75 Å². The van der Waals surface area contributed by atoms with E-state index in [4.69, 9.17) is 8.85 Å². The van der Waals surface area contributed by atoms with Crippen LogP contribution < -0.4 is 4.43 Å². The van der Waals surface area contributed by atoms with Crippen LogP contribution >= 0.6 is 0 Å². The minimum absolute atomic E-state index is 0.0284. The molecule has 0 radical (unpaired) electrons. The molecule has 0 spiro atoms. The van der Waals surface area contributed by atoms with Crippen molar-refractivity contribution in [1.82, 2.24) is 0 Å². The number of carbonyl (C=O) groups is 2. The Kier molecular flexibility index (Phi) is 9.69. The Morgan fingerprint density at radius 2 is 1.30 bits per heavy atom. The van der Waals surface area contributed by atoms with Gasteiger partial charge in [0, 0.05) is 12.5 Å². The average molecular weight is 549 g/mol. The summed E-state index contributed by atoms with van der Waals surface area (Å²) in [5.74, 6) is -1.83. The third-order valence-corrected chi connectivity index (χ3v) is 17.5. The molecule has 8 heteroatoms. The summed E-state index contributed by atoms with van der Waals surface area (Å²) in [7, 11) is -3.90. The lowest BCUT2D eigenvalue weighted by Gasteiger charge is -2.41. The Morgan fingerprint density at radius 1 is 0.811 bits per heavy atom. The van der Waals surface area contributed by atoms with Crippen LogP contribution in [0.3, 0.4) is 0 Å². The fourth-order valence-electron chi connectivity index (χ4n) is 4.23. The van der Waals surface area contributed by atoms with E-state index in [1.165, 1.54) is 0 Å². The SMILES string of the molecule is CC(C)(C)[Si](C)(C)Oc1ccc(C/C(C(=O)O)=C(/C(=O)O)[C@H]2CC[C@@H](O[Si](C)(C)C(C)(C)C)CC2)cc1. The zero-order chi connectivity index (χ0) is 28.4. The van der Waals surface area contributed by atoms with Crippen molar-refractivity contribution >= 4 is 28.6 Å². The van der Waals surface area contributed by atoms with Gasteiger partial charge in [-0.2, -0.15) is 0 Å². The molecule has 37 heavy (non-hydrogen) atoms. The first kappa shape index (κ1) is 31.3. The van der Waals surface area contributed by atoms with Crippen LogP contribution in [0.1, 0.15) is 72.8 Å². The normalized spacial score (nSPS) is 20.3. The second-order valence-corrected chi connectivity index (χ2v) is 23.0. The van der Waals surface area contributed by atoms with Crippen LogP contribution in [0, 0.1) is 5.92 Å². The van der Waals surface area contributed by atoms with Crippen molar-refractivity contribution in [3.63, 3.8) is 0 Å². The van der Waals surface area contributed by atoms with Crippen molar-refractivity contribution in [3.8, 4) is 5.75 Å². The third kappa shape index (κ3) is 8.04. The number of benzene rings is 1. The van der Waals surface area contributed by atoms with E-state index in [2.05, 4.69) is 67.7 Å². The molecule has 0 amide bonds. The van der Waals surface area contributed by atoms with Gasteiger partial charge in [0.25, 0.3) is 0 Å². The van der Waals surface area contributed by atoms with Crippen molar-refractivity contribution in [2.75, 3.05) is 0 Å². The predicted molar refractivity (Wildman–Crippen MR) is 154 cm³/mol. The van der Waals surface area contributed by atoms with Gasteiger partial charge in [-0.25, -0.2) is 9.59 Å². The molecule has 1 aliphatic carbocycles. The maximum Gasteiger partial charge on any atom is 0.332 e. The van der Waals surface area contributed by atoms with Crippen molar-refractivity contribution in [1.29, 1.82) is 0 Å². The highest BCUT2D eigenvalue weighted by atomic mass is 28.4. The molecule has 0 aliphatic heterocycles. The van der Waals surface area contributed by atoms with Gasteiger partial charge >= 0.3 is 11.9 Å². The Labute approximate surface area is 225 Å². The summed E-state index contributed by atoms with van der Waals surface area (Å²) in [5, 5.41) is 20.3. The minimum atomic E-state index is -1.99. The molecule has 0 saturated heterocycles. The summed E-state index contributed by atoms with van der Waals surface area (Å²) < 4.78 is 12.9. The maximum absolute atomic E-state index is 12.3. The summed E-state index contributed by atoms with van der Waals surface area (Å²) >= 11 is 0. The molecule has 0 unspecified atom stereocenters. The third-order valence-electron chi connectivity index (χ3n) is 8.65. The van der Waals surface area contributed by atoms with Crippen molar-refractivity contribution < 1.29 is 28.7 Å². The first-order valence-corrected chi connectivity index (χ1v) is 19.2. The van der Waals surface area contributed by atoms with Crippen molar-refractivity contribution in [2.24, 2.45) is 5.92 Å².